The first kappa shape index (κ1) is 20.6. The maximum Gasteiger partial charge on any atom is 0.273 e. The third kappa shape index (κ3) is 5.09. The molecule has 21 heavy (non-hydrogen) atoms. The van der Waals surface area contributed by atoms with Gasteiger partial charge in [-0.15, -0.1) is 36.2 Å². The summed E-state index contributed by atoms with van der Waals surface area (Å²) in [5, 5.41) is 6.35. The number of halogens is 2. The summed E-state index contributed by atoms with van der Waals surface area (Å²) >= 11 is 1.60. The van der Waals surface area contributed by atoms with Crippen molar-refractivity contribution in [1.29, 1.82) is 0 Å². The van der Waals surface area contributed by atoms with Crippen molar-refractivity contribution < 1.29 is 4.79 Å². The molecule has 0 aliphatic carbocycles. The van der Waals surface area contributed by atoms with Crippen LogP contribution in [0.5, 0.6) is 0 Å². The molecule has 1 aliphatic rings. The Morgan fingerprint density at radius 3 is 2.76 bits per heavy atom. The summed E-state index contributed by atoms with van der Waals surface area (Å²) < 4.78 is 0. The molecular weight excluding hydrogens is 329 g/mol. The molecule has 0 bridgehead atoms. The molecule has 7 heteroatoms. The molecule has 1 saturated heterocycles. The molecule has 2 atom stereocenters. The lowest BCUT2D eigenvalue weighted by Crippen LogP contribution is -2.57. The van der Waals surface area contributed by atoms with E-state index in [1.807, 2.05) is 10.3 Å². The van der Waals surface area contributed by atoms with Crippen LogP contribution in [0.1, 0.15) is 43.2 Å². The maximum absolute atomic E-state index is 12.5. The monoisotopic (exact) mass is 353 g/mol. The Morgan fingerprint density at radius 2 is 2.14 bits per heavy atom. The van der Waals surface area contributed by atoms with E-state index in [1.165, 1.54) is 0 Å². The molecule has 0 aromatic carbocycles. The number of rotatable bonds is 3. The number of carbonyl (C=O) groups is 1. The first-order chi connectivity index (χ1) is 8.99. The van der Waals surface area contributed by atoms with Crippen LogP contribution in [0.2, 0.25) is 0 Å². The fourth-order valence-corrected chi connectivity index (χ4v) is 3.32. The minimum atomic E-state index is 0. The van der Waals surface area contributed by atoms with Crippen molar-refractivity contribution in [2.75, 3.05) is 13.1 Å². The van der Waals surface area contributed by atoms with Gasteiger partial charge in [-0.25, -0.2) is 4.98 Å². The van der Waals surface area contributed by atoms with Gasteiger partial charge >= 0.3 is 0 Å². The Hall–Kier alpha value is -0.360. The molecule has 4 nitrogen and oxygen atoms in total. The van der Waals surface area contributed by atoms with Gasteiger partial charge in [-0.05, 0) is 19.8 Å². The lowest BCUT2D eigenvalue weighted by Gasteiger charge is -2.38. The first-order valence-electron chi connectivity index (χ1n) is 6.97. The van der Waals surface area contributed by atoms with Gasteiger partial charge in [0.15, 0.2) is 0 Å². The summed E-state index contributed by atoms with van der Waals surface area (Å²) in [7, 11) is 0. The van der Waals surface area contributed by atoms with Crippen molar-refractivity contribution in [3.05, 3.63) is 16.1 Å². The molecule has 1 aliphatic heterocycles. The lowest BCUT2D eigenvalue weighted by atomic mass is 10.1. The number of nitrogens with zero attached hydrogens (tertiary/aromatic N) is 2. The number of aromatic nitrogens is 1. The summed E-state index contributed by atoms with van der Waals surface area (Å²) in [5.74, 6) is 0.652. The minimum Gasteiger partial charge on any atom is -0.332 e. The number of piperazine rings is 1. The highest BCUT2D eigenvalue weighted by molar-refractivity contribution is 7.09. The predicted molar refractivity (Wildman–Crippen MR) is 93.1 cm³/mol. The van der Waals surface area contributed by atoms with Crippen molar-refractivity contribution in [1.82, 2.24) is 15.2 Å². The second kappa shape index (κ2) is 8.93. The lowest BCUT2D eigenvalue weighted by molar-refractivity contribution is 0.0597. The van der Waals surface area contributed by atoms with Crippen LogP contribution in [0.4, 0.5) is 0 Å². The minimum absolute atomic E-state index is 0. The fraction of sp³-hybridized carbons (Fsp3) is 0.714. The first-order valence-corrected chi connectivity index (χ1v) is 7.85. The van der Waals surface area contributed by atoms with Crippen molar-refractivity contribution in [3.8, 4) is 0 Å². The van der Waals surface area contributed by atoms with Crippen LogP contribution in [0, 0.1) is 5.92 Å². The summed E-state index contributed by atoms with van der Waals surface area (Å²) in [6, 6.07) is 0.558. The quantitative estimate of drug-likeness (QED) is 0.908. The predicted octanol–water partition coefficient (Wildman–Crippen LogP) is 3.01. The third-order valence-corrected chi connectivity index (χ3v) is 4.52. The van der Waals surface area contributed by atoms with Crippen LogP contribution in [0.15, 0.2) is 5.38 Å². The van der Waals surface area contributed by atoms with Crippen LogP contribution in [-0.4, -0.2) is 41.0 Å². The van der Waals surface area contributed by atoms with Crippen molar-refractivity contribution in [3.63, 3.8) is 0 Å². The molecular formula is C14H25Cl2N3OS. The van der Waals surface area contributed by atoms with Crippen LogP contribution in [-0.2, 0) is 6.42 Å². The zero-order valence-electron chi connectivity index (χ0n) is 13.0. The average molecular weight is 354 g/mol. The summed E-state index contributed by atoms with van der Waals surface area (Å²) in [6.45, 7) is 10.2. The number of nitrogens with one attached hydrogen (secondary N) is 1. The molecule has 1 aromatic rings. The van der Waals surface area contributed by atoms with Crippen LogP contribution >= 0.6 is 36.2 Å². The van der Waals surface area contributed by atoms with Gasteiger partial charge in [-0.1, -0.05) is 13.8 Å². The molecule has 1 N–H and O–H groups in total. The second-order valence-corrected chi connectivity index (χ2v) is 6.65. The molecule has 0 spiro atoms. The van der Waals surface area contributed by atoms with E-state index in [9.17, 15) is 4.79 Å². The largest absolute Gasteiger partial charge is 0.332 e. The van der Waals surface area contributed by atoms with E-state index in [4.69, 9.17) is 0 Å². The van der Waals surface area contributed by atoms with Gasteiger partial charge < -0.3 is 10.2 Å². The molecule has 1 aromatic heterocycles. The third-order valence-electron chi connectivity index (χ3n) is 3.65. The highest BCUT2D eigenvalue weighted by Gasteiger charge is 2.29. The Labute approximate surface area is 143 Å². The van der Waals surface area contributed by atoms with Crippen LogP contribution < -0.4 is 5.32 Å². The Balaban J connectivity index is 0.00000200. The molecule has 2 heterocycles. The topological polar surface area (TPSA) is 45.2 Å². The summed E-state index contributed by atoms with van der Waals surface area (Å²) in [5.41, 5.74) is 0.613. The van der Waals surface area contributed by atoms with Gasteiger partial charge in [-0.3, -0.25) is 4.79 Å². The Kier molecular flexibility index (Phi) is 8.78. The molecule has 0 saturated carbocycles. The van der Waals surface area contributed by atoms with Crippen LogP contribution in [0.3, 0.4) is 0 Å². The summed E-state index contributed by atoms with van der Waals surface area (Å²) in [6.07, 6.45) is 0.950. The zero-order chi connectivity index (χ0) is 14.0. The molecule has 2 unspecified atom stereocenters. The number of thiazole rings is 1. The average Bonchev–Trinajstić information content (AvgIpc) is 2.79. The smallest absolute Gasteiger partial charge is 0.273 e. The van der Waals surface area contributed by atoms with Gasteiger partial charge in [0, 0.05) is 37.0 Å². The van der Waals surface area contributed by atoms with E-state index in [0.717, 1.165) is 24.5 Å². The SMILES string of the molecule is CC(C)Cc1nc(C(=O)N2CCNC(C)C2C)cs1.Cl.Cl. The summed E-state index contributed by atoms with van der Waals surface area (Å²) in [4.78, 5) is 18.9. The van der Waals surface area contributed by atoms with Gasteiger partial charge in [0.05, 0.1) is 5.01 Å². The van der Waals surface area contributed by atoms with Gasteiger partial charge in [-0.2, -0.15) is 0 Å². The Morgan fingerprint density at radius 1 is 1.48 bits per heavy atom. The molecule has 1 amide bonds. The van der Waals surface area contributed by atoms with E-state index in [2.05, 4.69) is 38.0 Å². The number of hydrogen-bond donors (Lipinski definition) is 1. The molecule has 2 rings (SSSR count). The van der Waals surface area contributed by atoms with Gasteiger partial charge in [0.2, 0.25) is 0 Å². The number of amides is 1. The van der Waals surface area contributed by atoms with E-state index in [-0.39, 0.29) is 36.8 Å². The van der Waals surface area contributed by atoms with E-state index in [0.29, 0.717) is 17.7 Å². The standard InChI is InChI=1S/C14H23N3OS.2ClH/c1-9(2)7-13-16-12(8-19-13)14(18)17-6-5-15-10(3)11(17)4;;/h8-11,15H,5-7H2,1-4H3;2*1H. The molecule has 0 radical (unpaired) electrons. The van der Waals surface area contributed by atoms with Crippen molar-refractivity contribution in [2.24, 2.45) is 5.92 Å². The fourth-order valence-electron chi connectivity index (χ4n) is 2.34. The zero-order valence-corrected chi connectivity index (χ0v) is 15.4. The maximum atomic E-state index is 12.5. The highest BCUT2D eigenvalue weighted by Crippen LogP contribution is 2.18. The van der Waals surface area contributed by atoms with E-state index in [1.54, 1.807) is 11.3 Å². The number of carbonyl (C=O) groups excluding carboxylic acids is 1. The number of hydrogen-bond acceptors (Lipinski definition) is 4. The Bertz CT molecular complexity index is 453. The van der Waals surface area contributed by atoms with E-state index >= 15 is 0 Å². The van der Waals surface area contributed by atoms with Crippen molar-refractivity contribution in [2.45, 2.75) is 46.2 Å². The molecule has 122 valence electrons. The van der Waals surface area contributed by atoms with Gasteiger partial charge in [0.1, 0.15) is 5.69 Å². The normalized spacial score (nSPS) is 21.7. The van der Waals surface area contributed by atoms with Crippen LogP contribution in [0.25, 0.3) is 0 Å². The highest BCUT2D eigenvalue weighted by atomic mass is 35.5. The van der Waals surface area contributed by atoms with Gasteiger partial charge in [0.25, 0.3) is 5.91 Å². The van der Waals surface area contributed by atoms with Crippen molar-refractivity contribution >= 4 is 42.1 Å². The molecule has 1 fully saturated rings. The van der Waals surface area contributed by atoms with E-state index < -0.39 is 0 Å². The second-order valence-electron chi connectivity index (χ2n) is 5.71.